The lowest BCUT2D eigenvalue weighted by Gasteiger charge is -2.21. The fourth-order valence-electron chi connectivity index (χ4n) is 2.57. The number of halogens is 2. The van der Waals surface area contributed by atoms with Gasteiger partial charge in [0.2, 0.25) is 0 Å². The fraction of sp³-hybridized carbons (Fsp3) is 0.600. The van der Waals surface area contributed by atoms with Crippen molar-refractivity contribution in [1.29, 1.82) is 0 Å². The van der Waals surface area contributed by atoms with Crippen molar-refractivity contribution in [2.45, 2.75) is 20.3 Å². The topological polar surface area (TPSA) is 15.3 Å². The van der Waals surface area contributed by atoms with Crippen LogP contribution in [0.4, 0.5) is 5.69 Å². The van der Waals surface area contributed by atoms with Crippen molar-refractivity contribution in [2.75, 3.05) is 31.1 Å². The molecule has 1 aromatic rings. The lowest BCUT2D eigenvalue weighted by Crippen LogP contribution is -2.28. The second-order valence-corrected chi connectivity index (χ2v) is 6.54. The van der Waals surface area contributed by atoms with Gasteiger partial charge in [-0.15, -0.1) is 0 Å². The summed E-state index contributed by atoms with van der Waals surface area (Å²) < 4.78 is 0. The van der Waals surface area contributed by atoms with Crippen LogP contribution in [0.1, 0.15) is 20.3 Å². The first-order valence-corrected chi connectivity index (χ1v) is 7.73. The van der Waals surface area contributed by atoms with Gasteiger partial charge in [0.1, 0.15) is 0 Å². The zero-order valence-corrected chi connectivity index (χ0v) is 13.1. The van der Waals surface area contributed by atoms with E-state index in [1.165, 1.54) is 6.42 Å². The molecule has 1 heterocycles. The summed E-state index contributed by atoms with van der Waals surface area (Å²) in [5.74, 6) is 1.39. The third-order valence-electron chi connectivity index (χ3n) is 3.53. The maximum atomic E-state index is 6.26. The molecule has 1 N–H and O–H groups in total. The lowest BCUT2D eigenvalue weighted by atomic mass is 10.1. The molecular formula is C15H22Cl2N2. The van der Waals surface area contributed by atoms with Gasteiger partial charge in [-0.25, -0.2) is 0 Å². The van der Waals surface area contributed by atoms with Gasteiger partial charge in [-0.05, 0) is 43.5 Å². The normalized spacial score (nSPS) is 19.4. The lowest BCUT2D eigenvalue weighted by molar-refractivity contribution is 0.477. The highest BCUT2D eigenvalue weighted by atomic mass is 35.5. The molecule has 106 valence electrons. The van der Waals surface area contributed by atoms with Gasteiger partial charge in [0.15, 0.2) is 0 Å². The summed E-state index contributed by atoms with van der Waals surface area (Å²) in [5.41, 5.74) is 0.997. The van der Waals surface area contributed by atoms with Crippen molar-refractivity contribution in [3.8, 4) is 0 Å². The first-order chi connectivity index (χ1) is 9.08. The maximum Gasteiger partial charge on any atom is 0.0745 e. The second kappa shape index (κ2) is 6.83. The monoisotopic (exact) mass is 300 g/mol. The van der Waals surface area contributed by atoms with Crippen LogP contribution < -0.4 is 10.2 Å². The molecule has 1 aliphatic heterocycles. The zero-order valence-electron chi connectivity index (χ0n) is 11.6. The summed E-state index contributed by atoms with van der Waals surface area (Å²) in [5, 5.41) is 5.04. The Balaban J connectivity index is 1.91. The van der Waals surface area contributed by atoms with Crippen LogP contribution in [0.25, 0.3) is 0 Å². The van der Waals surface area contributed by atoms with E-state index in [1.807, 2.05) is 18.2 Å². The van der Waals surface area contributed by atoms with Crippen LogP contribution in [0.15, 0.2) is 18.2 Å². The molecule has 1 unspecified atom stereocenters. The Kier molecular flexibility index (Phi) is 5.37. The zero-order chi connectivity index (χ0) is 13.8. The Morgan fingerprint density at radius 2 is 2.00 bits per heavy atom. The van der Waals surface area contributed by atoms with Gasteiger partial charge in [0.05, 0.1) is 15.7 Å². The van der Waals surface area contributed by atoms with Gasteiger partial charge in [-0.3, -0.25) is 0 Å². The second-order valence-electron chi connectivity index (χ2n) is 5.72. The molecule has 0 aromatic heterocycles. The van der Waals surface area contributed by atoms with Crippen LogP contribution in [-0.2, 0) is 0 Å². The molecule has 1 fully saturated rings. The van der Waals surface area contributed by atoms with E-state index in [-0.39, 0.29) is 0 Å². The molecule has 0 saturated carbocycles. The number of rotatable bonds is 5. The van der Waals surface area contributed by atoms with Crippen LogP contribution in [0, 0.1) is 11.8 Å². The van der Waals surface area contributed by atoms with E-state index < -0.39 is 0 Å². The van der Waals surface area contributed by atoms with Crippen molar-refractivity contribution in [1.82, 2.24) is 5.32 Å². The molecule has 0 radical (unpaired) electrons. The highest BCUT2D eigenvalue weighted by molar-refractivity contribution is 6.39. The first-order valence-electron chi connectivity index (χ1n) is 6.97. The van der Waals surface area contributed by atoms with E-state index in [4.69, 9.17) is 23.2 Å². The molecular weight excluding hydrogens is 279 g/mol. The Morgan fingerprint density at radius 3 is 2.63 bits per heavy atom. The first kappa shape index (κ1) is 15.0. The third kappa shape index (κ3) is 4.01. The molecule has 2 nitrogen and oxygen atoms in total. The van der Waals surface area contributed by atoms with Crippen LogP contribution >= 0.6 is 23.2 Å². The maximum absolute atomic E-state index is 6.26. The molecule has 2 rings (SSSR count). The molecule has 1 aliphatic rings. The number of para-hydroxylation sites is 1. The molecule has 0 aliphatic carbocycles. The van der Waals surface area contributed by atoms with Crippen molar-refractivity contribution in [2.24, 2.45) is 11.8 Å². The smallest absolute Gasteiger partial charge is 0.0745 e. The number of hydrogen-bond donors (Lipinski definition) is 1. The van der Waals surface area contributed by atoms with Crippen molar-refractivity contribution >= 4 is 28.9 Å². The third-order valence-corrected chi connectivity index (χ3v) is 4.14. The van der Waals surface area contributed by atoms with Gasteiger partial charge in [0, 0.05) is 13.1 Å². The van der Waals surface area contributed by atoms with E-state index in [9.17, 15) is 0 Å². The van der Waals surface area contributed by atoms with Gasteiger partial charge in [0.25, 0.3) is 0 Å². The summed E-state index contributed by atoms with van der Waals surface area (Å²) in [4.78, 5) is 2.31. The molecule has 0 spiro atoms. The quantitative estimate of drug-likeness (QED) is 0.882. The van der Waals surface area contributed by atoms with Gasteiger partial charge in [-0.2, -0.15) is 0 Å². The molecule has 1 atom stereocenters. The van der Waals surface area contributed by atoms with E-state index in [1.54, 1.807) is 0 Å². The van der Waals surface area contributed by atoms with E-state index in [2.05, 4.69) is 24.1 Å². The molecule has 0 bridgehead atoms. The fourth-order valence-corrected chi connectivity index (χ4v) is 3.21. The standard InChI is InChI=1S/C15H22Cl2N2/c1-11(2)8-18-9-12-6-7-19(10-12)15-13(16)4-3-5-14(15)17/h3-5,11-12,18H,6-10H2,1-2H3. The predicted molar refractivity (Wildman–Crippen MR) is 84.5 cm³/mol. The summed E-state index contributed by atoms with van der Waals surface area (Å²) in [7, 11) is 0. The van der Waals surface area contributed by atoms with Crippen molar-refractivity contribution < 1.29 is 0 Å². The molecule has 1 aromatic carbocycles. The Morgan fingerprint density at radius 1 is 1.32 bits per heavy atom. The number of benzene rings is 1. The number of hydrogen-bond acceptors (Lipinski definition) is 2. The largest absolute Gasteiger partial charge is 0.369 e. The minimum Gasteiger partial charge on any atom is -0.369 e. The number of anilines is 1. The molecule has 19 heavy (non-hydrogen) atoms. The van der Waals surface area contributed by atoms with Crippen LogP contribution in [-0.4, -0.2) is 26.2 Å². The molecule has 1 saturated heterocycles. The van der Waals surface area contributed by atoms with E-state index in [0.29, 0.717) is 11.8 Å². The molecule has 0 amide bonds. The highest BCUT2D eigenvalue weighted by Gasteiger charge is 2.25. The Labute approximate surface area is 126 Å². The predicted octanol–water partition coefficient (Wildman–Crippen LogP) is 4.07. The van der Waals surface area contributed by atoms with Gasteiger partial charge < -0.3 is 10.2 Å². The summed E-state index contributed by atoms with van der Waals surface area (Å²) in [6, 6.07) is 5.71. The van der Waals surface area contributed by atoms with Gasteiger partial charge >= 0.3 is 0 Å². The summed E-state index contributed by atoms with van der Waals surface area (Å²) in [6.45, 7) is 8.71. The summed E-state index contributed by atoms with van der Waals surface area (Å²) in [6.07, 6.45) is 1.20. The van der Waals surface area contributed by atoms with Gasteiger partial charge in [-0.1, -0.05) is 43.1 Å². The van der Waals surface area contributed by atoms with E-state index >= 15 is 0 Å². The van der Waals surface area contributed by atoms with Crippen LogP contribution in [0.3, 0.4) is 0 Å². The molecule has 4 heteroatoms. The average molecular weight is 301 g/mol. The SMILES string of the molecule is CC(C)CNCC1CCN(c2c(Cl)cccc2Cl)C1. The Bertz CT molecular complexity index is 400. The Hall–Kier alpha value is -0.440. The number of nitrogens with zero attached hydrogens (tertiary/aromatic N) is 1. The van der Waals surface area contributed by atoms with Crippen LogP contribution in [0.5, 0.6) is 0 Å². The number of nitrogens with one attached hydrogen (secondary N) is 1. The van der Waals surface area contributed by atoms with Crippen molar-refractivity contribution in [3.05, 3.63) is 28.2 Å². The minimum atomic E-state index is 0.686. The van der Waals surface area contributed by atoms with E-state index in [0.717, 1.165) is 41.9 Å². The highest BCUT2D eigenvalue weighted by Crippen LogP contribution is 2.36. The van der Waals surface area contributed by atoms with Crippen LogP contribution in [0.2, 0.25) is 10.0 Å². The minimum absolute atomic E-state index is 0.686. The average Bonchev–Trinajstić information content (AvgIpc) is 2.77. The summed E-state index contributed by atoms with van der Waals surface area (Å²) >= 11 is 12.5. The van der Waals surface area contributed by atoms with Crippen molar-refractivity contribution in [3.63, 3.8) is 0 Å².